The van der Waals surface area contributed by atoms with Crippen molar-refractivity contribution in [2.45, 2.75) is 26.1 Å². The van der Waals surface area contributed by atoms with Crippen LogP contribution in [0.15, 0.2) is 58.8 Å². The van der Waals surface area contributed by atoms with Gasteiger partial charge in [0.05, 0.1) is 31.5 Å². The van der Waals surface area contributed by atoms with Crippen molar-refractivity contribution in [2.24, 2.45) is 5.10 Å². The van der Waals surface area contributed by atoms with Crippen LogP contribution in [-0.4, -0.2) is 49.9 Å². The number of carbonyl (C=O) groups excluding carboxylic acids is 2. The Bertz CT molecular complexity index is 1120. The Kier molecular flexibility index (Phi) is 9.32. The third-order valence-corrected chi connectivity index (χ3v) is 5.70. The summed E-state index contributed by atoms with van der Waals surface area (Å²) in [5, 5.41) is 19.5. The van der Waals surface area contributed by atoms with Crippen molar-refractivity contribution in [2.75, 3.05) is 20.3 Å². The fraction of sp³-hybridized carbons (Fsp3) is 0.292. The molecule has 4 N–H and O–H groups in total. The first-order valence-electron chi connectivity index (χ1n) is 10.8. The number of carbonyl (C=O) groups is 2. The molecule has 11 heteroatoms. The number of nitrogens with one attached hydrogen (secondary N) is 3. The van der Waals surface area contributed by atoms with E-state index in [1.54, 1.807) is 31.3 Å². The fourth-order valence-electron chi connectivity index (χ4n) is 3.37. The quantitative estimate of drug-likeness (QED) is 0.109. The van der Waals surface area contributed by atoms with Gasteiger partial charge in [-0.1, -0.05) is 18.2 Å². The van der Waals surface area contributed by atoms with Crippen molar-refractivity contribution in [3.63, 3.8) is 0 Å². The van der Waals surface area contributed by atoms with Crippen molar-refractivity contribution < 1.29 is 28.9 Å². The molecule has 0 radical (unpaired) electrons. The Morgan fingerprint density at radius 3 is 2.66 bits per heavy atom. The number of amides is 2. The van der Waals surface area contributed by atoms with Gasteiger partial charge in [-0.3, -0.25) is 5.43 Å². The number of benzene rings is 2. The predicted molar refractivity (Wildman–Crippen MR) is 138 cm³/mol. The lowest BCUT2D eigenvalue weighted by molar-refractivity contribution is -0.136. The molecule has 0 aromatic heterocycles. The third kappa shape index (κ3) is 7.09. The summed E-state index contributed by atoms with van der Waals surface area (Å²) in [6, 6.07) is 11.6. The molecule has 1 aliphatic rings. The average molecular weight is 594 g/mol. The van der Waals surface area contributed by atoms with Gasteiger partial charge in [-0.05, 0) is 71.8 Å². The number of halogens is 1. The van der Waals surface area contributed by atoms with Gasteiger partial charge in [0.2, 0.25) is 0 Å². The van der Waals surface area contributed by atoms with Crippen molar-refractivity contribution in [3.05, 3.63) is 68.4 Å². The second-order valence-corrected chi connectivity index (χ2v) is 8.71. The summed E-state index contributed by atoms with van der Waals surface area (Å²) < 4.78 is 17.4. The minimum absolute atomic E-state index is 0.0973. The van der Waals surface area contributed by atoms with Gasteiger partial charge in [-0.15, -0.1) is 0 Å². The van der Waals surface area contributed by atoms with Gasteiger partial charge in [0.1, 0.15) is 6.61 Å². The largest absolute Gasteiger partial charge is 0.490 e. The van der Waals surface area contributed by atoms with E-state index in [1.807, 2.05) is 31.2 Å². The third-order valence-electron chi connectivity index (χ3n) is 4.98. The van der Waals surface area contributed by atoms with Crippen LogP contribution in [0.5, 0.6) is 11.5 Å². The van der Waals surface area contributed by atoms with E-state index >= 15 is 0 Å². The molecule has 2 aromatic carbocycles. The number of aliphatic hydroxyl groups is 1. The number of esters is 1. The molecular formula is C24H27IN4O6. The molecular weight excluding hydrogens is 567 g/mol. The Hall–Kier alpha value is -3.32. The van der Waals surface area contributed by atoms with Crippen LogP contribution >= 0.6 is 22.6 Å². The van der Waals surface area contributed by atoms with Gasteiger partial charge in [-0.2, -0.15) is 5.10 Å². The number of hydrogen-bond acceptors (Lipinski definition) is 8. The number of urea groups is 1. The first kappa shape index (κ1) is 26.3. The Morgan fingerprint density at radius 1 is 1.23 bits per heavy atom. The molecule has 3 rings (SSSR count). The molecule has 0 spiro atoms. The second-order valence-electron chi connectivity index (χ2n) is 7.47. The molecule has 0 aliphatic carbocycles. The van der Waals surface area contributed by atoms with E-state index in [0.29, 0.717) is 29.4 Å². The standard InChI is InChI=1S/C24H27IN4O6/c1-4-34-19-11-16(22-21(23(31)33-3)14(2)27-24(32)28-22)7-10-18(19)35-13-20(30)29-26-12-15-5-8-17(25)9-6-15/h5-12,20,22,29-30H,4,13H2,1-3H3,(H2,27,28,32)/b26-12-/t20-,22-/m1/s1. The minimum atomic E-state index is -1.07. The van der Waals surface area contributed by atoms with Crippen molar-refractivity contribution in [1.29, 1.82) is 0 Å². The summed E-state index contributed by atoms with van der Waals surface area (Å²) in [5.41, 5.74) is 4.80. The number of hydrazone groups is 1. The highest BCUT2D eigenvalue weighted by Crippen LogP contribution is 2.34. The van der Waals surface area contributed by atoms with Crippen molar-refractivity contribution >= 4 is 40.8 Å². The van der Waals surface area contributed by atoms with Crippen LogP contribution in [-0.2, 0) is 9.53 Å². The number of nitrogens with zero attached hydrogens (tertiary/aromatic N) is 1. The van der Waals surface area contributed by atoms with Crippen LogP contribution in [0.25, 0.3) is 0 Å². The highest BCUT2D eigenvalue weighted by atomic mass is 127. The highest BCUT2D eigenvalue weighted by molar-refractivity contribution is 14.1. The maximum atomic E-state index is 12.3. The summed E-state index contributed by atoms with van der Waals surface area (Å²) in [5.74, 6) is 0.228. The Balaban J connectivity index is 1.71. The molecule has 2 aromatic rings. The Labute approximate surface area is 216 Å². The molecule has 35 heavy (non-hydrogen) atoms. The van der Waals surface area contributed by atoms with E-state index in [4.69, 9.17) is 14.2 Å². The van der Waals surface area contributed by atoms with Crippen LogP contribution in [0, 0.1) is 3.57 Å². The number of aliphatic hydroxyl groups excluding tert-OH is 1. The van der Waals surface area contributed by atoms with Gasteiger partial charge in [0, 0.05) is 9.27 Å². The molecule has 10 nitrogen and oxygen atoms in total. The first-order chi connectivity index (χ1) is 16.8. The number of ether oxygens (including phenoxy) is 3. The second kappa shape index (κ2) is 12.4. The predicted octanol–water partition coefficient (Wildman–Crippen LogP) is 2.81. The topological polar surface area (TPSA) is 131 Å². The summed E-state index contributed by atoms with van der Waals surface area (Å²) in [4.78, 5) is 24.4. The van der Waals surface area contributed by atoms with Crippen LogP contribution in [0.4, 0.5) is 4.79 Å². The summed E-state index contributed by atoms with van der Waals surface area (Å²) in [6.07, 6.45) is 0.533. The monoisotopic (exact) mass is 594 g/mol. The summed E-state index contributed by atoms with van der Waals surface area (Å²) >= 11 is 2.22. The molecule has 1 heterocycles. The van der Waals surface area contributed by atoms with Gasteiger partial charge in [0.15, 0.2) is 17.7 Å². The summed E-state index contributed by atoms with van der Waals surface area (Å²) in [7, 11) is 1.28. The molecule has 2 atom stereocenters. The minimum Gasteiger partial charge on any atom is -0.490 e. The van der Waals surface area contributed by atoms with E-state index in [9.17, 15) is 14.7 Å². The van der Waals surface area contributed by atoms with E-state index in [-0.39, 0.29) is 12.2 Å². The number of methoxy groups -OCH3 is 1. The van der Waals surface area contributed by atoms with E-state index in [0.717, 1.165) is 9.13 Å². The number of allylic oxidation sites excluding steroid dienone is 1. The zero-order chi connectivity index (χ0) is 25.4. The van der Waals surface area contributed by atoms with Crippen molar-refractivity contribution in [1.82, 2.24) is 16.1 Å². The summed E-state index contributed by atoms with van der Waals surface area (Å²) in [6.45, 7) is 3.72. The van der Waals surface area contributed by atoms with E-state index in [1.165, 1.54) is 7.11 Å². The number of rotatable bonds is 10. The molecule has 186 valence electrons. The van der Waals surface area contributed by atoms with E-state index < -0.39 is 24.3 Å². The zero-order valence-electron chi connectivity index (χ0n) is 19.5. The zero-order valence-corrected chi connectivity index (χ0v) is 21.7. The first-order valence-corrected chi connectivity index (χ1v) is 11.9. The molecule has 1 aliphatic heterocycles. The Morgan fingerprint density at radius 2 is 1.97 bits per heavy atom. The lowest BCUT2D eigenvalue weighted by atomic mass is 9.95. The average Bonchev–Trinajstić information content (AvgIpc) is 2.83. The van der Waals surface area contributed by atoms with Gasteiger partial charge < -0.3 is 30.0 Å². The van der Waals surface area contributed by atoms with Crippen LogP contribution in [0.1, 0.15) is 31.0 Å². The van der Waals surface area contributed by atoms with E-state index in [2.05, 4.69) is 43.8 Å². The van der Waals surface area contributed by atoms with Crippen molar-refractivity contribution in [3.8, 4) is 11.5 Å². The lowest BCUT2D eigenvalue weighted by Crippen LogP contribution is -2.45. The van der Waals surface area contributed by atoms with Crippen LogP contribution in [0.3, 0.4) is 0 Å². The smallest absolute Gasteiger partial charge is 0.337 e. The van der Waals surface area contributed by atoms with Crippen LogP contribution < -0.4 is 25.5 Å². The maximum Gasteiger partial charge on any atom is 0.337 e. The van der Waals surface area contributed by atoms with Gasteiger partial charge in [-0.25, -0.2) is 9.59 Å². The highest BCUT2D eigenvalue weighted by Gasteiger charge is 2.32. The lowest BCUT2D eigenvalue weighted by Gasteiger charge is -2.28. The maximum absolute atomic E-state index is 12.3. The number of hydrogen-bond donors (Lipinski definition) is 4. The molecule has 0 fully saturated rings. The molecule has 0 saturated heterocycles. The van der Waals surface area contributed by atoms with Gasteiger partial charge in [0.25, 0.3) is 0 Å². The van der Waals surface area contributed by atoms with Gasteiger partial charge >= 0.3 is 12.0 Å². The SMILES string of the molecule is CCOc1cc([C@H]2NC(=O)NC(C)=C2C(=O)OC)ccc1OC[C@@H](O)N/N=C\c1ccc(I)cc1. The normalized spacial score (nSPS) is 16.4. The fourth-order valence-corrected chi connectivity index (χ4v) is 3.73. The molecule has 2 amide bonds. The van der Waals surface area contributed by atoms with Crippen LogP contribution in [0.2, 0.25) is 0 Å². The molecule has 0 saturated carbocycles. The molecule has 0 unspecified atom stereocenters. The molecule has 0 bridgehead atoms.